The fourth-order valence-corrected chi connectivity index (χ4v) is 4.13. The lowest BCUT2D eigenvalue weighted by Gasteiger charge is -2.14. The number of nitrogens with two attached hydrogens (primary N) is 1. The first-order valence-corrected chi connectivity index (χ1v) is 13.6. The number of sulfone groups is 1. The average molecular weight is 552 g/mol. The largest absolute Gasteiger partial charge is 0.493 e. The number of nitrogens with one attached hydrogen (secondary N) is 2. The molecule has 0 atom stereocenters. The Bertz CT molecular complexity index is 1610. The van der Waals surface area contributed by atoms with Crippen molar-refractivity contribution in [2.75, 3.05) is 29.7 Å². The van der Waals surface area contributed by atoms with Crippen LogP contribution in [0.15, 0.2) is 65.8 Å². The summed E-state index contributed by atoms with van der Waals surface area (Å²) in [6.45, 7) is 6.01. The number of hydrogen-bond acceptors (Lipinski definition) is 9. The monoisotopic (exact) mass is 551 g/mol. The summed E-state index contributed by atoms with van der Waals surface area (Å²) in [5.41, 5.74) is 7.13. The van der Waals surface area contributed by atoms with Crippen LogP contribution in [-0.2, 0) is 15.3 Å². The van der Waals surface area contributed by atoms with Crippen LogP contribution in [0.5, 0.6) is 17.4 Å². The Balaban J connectivity index is 1.56. The predicted octanol–water partition coefficient (Wildman–Crippen LogP) is 4.39. The zero-order valence-electron chi connectivity index (χ0n) is 22.1. The molecule has 4 aromatic rings. The molecule has 4 rings (SSSR count). The third-order valence-corrected chi connectivity index (χ3v) is 6.66. The molecule has 0 aliphatic carbocycles. The van der Waals surface area contributed by atoms with Crippen LogP contribution in [0.3, 0.4) is 0 Å². The summed E-state index contributed by atoms with van der Waals surface area (Å²) in [4.78, 5) is 21.0. The molecular formula is C26H29N7O5S. The smallest absolute Gasteiger partial charge is 0.324 e. The normalized spacial score (nSPS) is 11.6. The third-order valence-electron chi connectivity index (χ3n) is 5.53. The quantitative estimate of drug-likeness (QED) is 0.302. The molecule has 2 aromatic heterocycles. The van der Waals surface area contributed by atoms with Crippen LogP contribution in [0.2, 0.25) is 0 Å². The number of methoxy groups -OCH3 is 1. The second-order valence-corrected chi connectivity index (χ2v) is 11.7. The van der Waals surface area contributed by atoms with Gasteiger partial charge in [0, 0.05) is 35.6 Å². The molecule has 2 aromatic carbocycles. The number of nitrogen functional groups attached to an aromatic ring is 1. The summed E-state index contributed by atoms with van der Waals surface area (Å²) in [7, 11) is -1.88. The first kappa shape index (κ1) is 27.4. The maximum atomic E-state index is 13.0. The van der Waals surface area contributed by atoms with Crippen LogP contribution in [0.4, 0.5) is 22.1 Å². The highest BCUT2D eigenvalue weighted by atomic mass is 32.2. The lowest BCUT2D eigenvalue weighted by Crippen LogP contribution is -2.21. The van der Waals surface area contributed by atoms with Crippen LogP contribution in [0.25, 0.3) is 5.69 Å². The molecule has 2 amide bonds. The molecular weight excluding hydrogens is 522 g/mol. The van der Waals surface area contributed by atoms with Gasteiger partial charge in [-0.3, -0.25) is 5.32 Å². The molecule has 0 saturated heterocycles. The van der Waals surface area contributed by atoms with Crippen LogP contribution in [0, 0.1) is 0 Å². The molecule has 0 radical (unpaired) electrons. The molecule has 12 nitrogen and oxygen atoms in total. The number of aromatic nitrogens is 4. The molecule has 0 bridgehead atoms. The standard InChI is InChI=1S/C26H29N7O5S/c1-26(2,3)21-13-23(33(32-21)17-7-9-18(10-8-17)39(5,35)36)31-25(34)30-16-6-11-19(20(12-16)37-4)38-24-14-22(27)28-15-29-24/h6-15H,1-5H3,(H2,27,28,29)(H2,30,31,34). The van der Waals surface area contributed by atoms with Gasteiger partial charge in [-0.1, -0.05) is 20.8 Å². The lowest BCUT2D eigenvalue weighted by molar-refractivity contribution is 0.262. The molecule has 0 saturated carbocycles. The summed E-state index contributed by atoms with van der Waals surface area (Å²) in [5.74, 6) is 1.63. The second-order valence-electron chi connectivity index (χ2n) is 9.67. The zero-order chi connectivity index (χ0) is 28.4. The number of benzene rings is 2. The number of urea groups is 1. The van der Waals surface area contributed by atoms with Gasteiger partial charge in [0.1, 0.15) is 18.0 Å². The predicted molar refractivity (Wildman–Crippen MR) is 148 cm³/mol. The van der Waals surface area contributed by atoms with E-state index in [1.54, 1.807) is 41.1 Å². The van der Waals surface area contributed by atoms with E-state index in [4.69, 9.17) is 15.2 Å². The number of hydrogen-bond donors (Lipinski definition) is 3. The maximum Gasteiger partial charge on any atom is 0.324 e. The van der Waals surface area contributed by atoms with Crippen molar-refractivity contribution in [3.63, 3.8) is 0 Å². The van der Waals surface area contributed by atoms with Crippen molar-refractivity contribution >= 4 is 33.2 Å². The van der Waals surface area contributed by atoms with Crippen molar-refractivity contribution in [1.29, 1.82) is 0 Å². The number of amides is 2. The Morgan fingerprint density at radius 1 is 0.974 bits per heavy atom. The second kappa shape index (κ2) is 10.6. The Labute approximate surface area is 226 Å². The maximum absolute atomic E-state index is 13.0. The van der Waals surface area contributed by atoms with E-state index in [0.717, 1.165) is 11.9 Å². The highest BCUT2D eigenvalue weighted by Gasteiger charge is 2.22. The number of carbonyl (C=O) groups is 1. The van der Waals surface area contributed by atoms with Crippen LogP contribution in [-0.4, -0.2) is 47.6 Å². The Hall–Kier alpha value is -4.65. The minimum Gasteiger partial charge on any atom is -0.493 e. The van der Waals surface area contributed by atoms with Crippen LogP contribution in [0.1, 0.15) is 26.5 Å². The number of rotatable bonds is 7. The Morgan fingerprint density at radius 2 is 1.69 bits per heavy atom. The van der Waals surface area contributed by atoms with E-state index in [0.29, 0.717) is 28.7 Å². The van der Waals surface area contributed by atoms with Gasteiger partial charge in [-0.05, 0) is 36.4 Å². The fourth-order valence-electron chi connectivity index (χ4n) is 3.50. The van der Waals surface area contributed by atoms with Crippen molar-refractivity contribution in [1.82, 2.24) is 19.7 Å². The van der Waals surface area contributed by atoms with Gasteiger partial charge in [-0.15, -0.1) is 0 Å². The molecule has 2 heterocycles. The summed E-state index contributed by atoms with van der Waals surface area (Å²) >= 11 is 0. The molecule has 204 valence electrons. The van der Waals surface area contributed by atoms with Gasteiger partial charge in [-0.2, -0.15) is 5.10 Å². The summed E-state index contributed by atoms with van der Waals surface area (Å²) in [5, 5.41) is 10.2. The van der Waals surface area contributed by atoms with E-state index in [1.165, 1.54) is 31.6 Å². The molecule has 0 fully saturated rings. The van der Waals surface area contributed by atoms with Crippen molar-refractivity contribution in [3.05, 3.63) is 66.6 Å². The van der Waals surface area contributed by atoms with Crippen molar-refractivity contribution < 1.29 is 22.7 Å². The summed E-state index contributed by atoms with van der Waals surface area (Å²) < 4.78 is 36.4. The van der Waals surface area contributed by atoms with E-state index < -0.39 is 15.9 Å². The molecule has 0 aliphatic rings. The first-order chi connectivity index (χ1) is 18.3. The van der Waals surface area contributed by atoms with Crippen LogP contribution >= 0.6 is 0 Å². The molecule has 0 unspecified atom stereocenters. The van der Waals surface area contributed by atoms with Gasteiger partial charge >= 0.3 is 6.03 Å². The van der Waals surface area contributed by atoms with Crippen molar-refractivity contribution in [3.8, 4) is 23.1 Å². The Morgan fingerprint density at radius 3 is 2.31 bits per heavy atom. The molecule has 4 N–H and O–H groups in total. The van der Waals surface area contributed by atoms with Gasteiger partial charge in [0.2, 0.25) is 5.88 Å². The zero-order valence-corrected chi connectivity index (χ0v) is 22.9. The summed E-state index contributed by atoms with van der Waals surface area (Å²) in [6, 6.07) is 13.9. The first-order valence-electron chi connectivity index (χ1n) is 11.8. The number of nitrogens with zero attached hydrogens (tertiary/aromatic N) is 4. The average Bonchev–Trinajstić information content (AvgIpc) is 3.29. The fraction of sp³-hybridized carbons (Fsp3) is 0.231. The number of ether oxygens (including phenoxy) is 2. The number of anilines is 3. The van der Waals surface area contributed by atoms with Crippen molar-refractivity contribution in [2.24, 2.45) is 0 Å². The minimum absolute atomic E-state index is 0.186. The van der Waals surface area contributed by atoms with E-state index in [1.807, 2.05) is 20.8 Å². The van der Waals surface area contributed by atoms with Crippen molar-refractivity contribution in [2.45, 2.75) is 31.1 Å². The molecule has 0 spiro atoms. The molecule has 0 aliphatic heterocycles. The lowest BCUT2D eigenvalue weighted by atomic mass is 9.92. The van der Waals surface area contributed by atoms with E-state index in [2.05, 4.69) is 25.7 Å². The van der Waals surface area contributed by atoms with Gasteiger partial charge in [0.05, 0.1) is 23.4 Å². The third kappa shape index (κ3) is 6.62. The van der Waals surface area contributed by atoms with Crippen LogP contribution < -0.4 is 25.8 Å². The number of carbonyl (C=O) groups excluding carboxylic acids is 1. The SMILES string of the molecule is COc1cc(NC(=O)Nc2cc(C(C)(C)C)nn2-c2ccc(S(C)(=O)=O)cc2)ccc1Oc1cc(N)ncn1. The molecule has 13 heteroatoms. The van der Waals surface area contributed by atoms with E-state index >= 15 is 0 Å². The van der Waals surface area contributed by atoms with Gasteiger partial charge in [0.15, 0.2) is 21.3 Å². The van der Waals surface area contributed by atoms with Gasteiger partial charge < -0.3 is 20.5 Å². The minimum atomic E-state index is -3.35. The molecule has 39 heavy (non-hydrogen) atoms. The highest BCUT2D eigenvalue weighted by molar-refractivity contribution is 7.90. The summed E-state index contributed by atoms with van der Waals surface area (Å²) in [6.07, 6.45) is 2.43. The Kier molecular flexibility index (Phi) is 7.45. The topological polar surface area (TPSA) is 163 Å². The van der Waals surface area contributed by atoms with E-state index in [-0.39, 0.29) is 22.0 Å². The highest BCUT2D eigenvalue weighted by Crippen LogP contribution is 2.33. The van der Waals surface area contributed by atoms with Gasteiger partial charge in [-0.25, -0.2) is 27.9 Å². The van der Waals surface area contributed by atoms with Gasteiger partial charge in [0.25, 0.3) is 0 Å². The van der Waals surface area contributed by atoms with E-state index in [9.17, 15) is 13.2 Å².